The number of fused-ring (bicyclic) bond motifs is 1. The van der Waals surface area contributed by atoms with Gasteiger partial charge in [0, 0.05) is 6.08 Å². The second kappa shape index (κ2) is 2.69. The van der Waals surface area contributed by atoms with Gasteiger partial charge in [0.25, 0.3) is 5.91 Å². The highest BCUT2D eigenvalue weighted by Gasteiger charge is 2.24. The summed E-state index contributed by atoms with van der Waals surface area (Å²) in [5.41, 5.74) is 1.69. The molecular weight excluding hydrogens is 166 g/mol. The number of allylic oxidation sites excluding steroid dienone is 4. The number of dihydropyridines is 1. The van der Waals surface area contributed by atoms with Crippen LogP contribution in [-0.4, -0.2) is 16.7 Å². The predicted octanol–water partition coefficient (Wildman–Crippen LogP) is 1.54. The number of rotatable bonds is 0. The molecule has 1 N–H and O–H groups in total. The van der Waals surface area contributed by atoms with Gasteiger partial charge in [0.05, 0.1) is 11.6 Å². The lowest BCUT2D eigenvalue weighted by atomic mass is 9.91. The van der Waals surface area contributed by atoms with E-state index in [2.05, 4.69) is 4.99 Å². The van der Waals surface area contributed by atoms with Crippen molar-refractivity contribution >= 4 is 11.6 Å². The van der Waals surface area contributed by atoms with E-state index in [9.17, 15) is 9.90 Å². The van der Waals surface area contributed by atoms with E-state index < -0.39 is 0 Å². The van der Waals surface area contributed by atoms with E-state index in [-0.39, 0.29) is 17.6 Å². The summed E-state index contributed by atoms with van der Waals surface area (Å²) in [4.78, 5) is 14.7. The van der Waals surface area contributed by atoms with Crippen LogP contribution in [0.4, 0.5) is 0 Å². The minimum absolute atomic E-state index is 0.0821. The normalized spacial score (nSPS) is 26.1. The van der Waals surface area contributed by atoms with Crippen LogP contribution in [-0.2, 0) is 4.79 Å². The Balaban J connectivity index is 2.44. The third-order valence-corrected chi connectivity index (χ3v) is 2.09. The maximum atomic E-state index is 10.9. The number of carbonyl (C=O) groups is 1. The van der Waals surface area contributed by atoms with Crippen LogP contribution < -0.4 is 0 Å². The second-order valence-corrected chi connectivity index (χ2v) is 3.17. The van der Waals surface area contributed by atoms with Gasteiger partial charge in [-0.15, -0.1) is 0 Å². The van der Waals surface area contributed by atoms with Crippen molar-refractivity contribution in [2.45, 2.75) is 6.92 Å². The molecule has 0 saturated carbocycles. The lowest BCUT2D eigenvalue weighted by Gasteiger charge is -2.19. The van der Waals surface area contributed by atoms with Crippen LogP contribution in [0.15, 0.2) is 40.6 Å². The number of hydrogen-bond donors (Lipinski definition) is 1. The number of aliphatic hydroxyl groups excluding tert-OH is 1. The quantitative estimate of drug-likeness (QED) is 0.607. The molecule has 0 aromatic carbocycles. The molecule has 1 aliphatic carbocycles. The molecule has 2 aliphatic rings. The van der Waals surface area contributed by atoms with Gasteiger partial charge in [-0.2, -0.15) is 0 Å². The molecule has 13 heavy (non-hydrogen) atoms. The fourth-order valence-electron chi connectivity index (χ4n) is 1.44. The van der Waals surface area contributed by atoms with Crippen LogP contribution in [0.3, 0.4) is 0 Å². The molecule has 1 atom stereocenters. The highest BCUT2D eigenvalue weighted by molar-refractivity contribution is 6.11. The standard InChI is InChI=1S/C10H9NO2/c1-6-2-3-8-7(4-6)9(12)5-10(13)11-8/h2-5,7,12H,1H3. The van der Waals surface area contributed by atoms with Crippen molar-refractivity contribution in [3.63, 3.8) is 0 Å². The SMILES string of the molecule is CC1=CC2C(O)=CC(=O)N=C2C=C1. The number of carbonyl (C=O) groups excluding carboxylic acids is 1. The first kappa shape index (κ1) is 7.98. The molecule has 1 aliphatic heterocycles. The van der Waals surface area contributed by atoms with E-state index in [1.165, 1.54) is 0 Å². The minimum atomic E-state index is -0.388. The van der Waals surface area contributed by atoms with E-state index in [1.807, 2.05) is 19.1 Å². The van der Waals surface area contributed by atoms with Crippen molar-refractivity contribution in [3.8, 4) is 0 Å². The average molecular weight is 175 g/mol. The maximum Gasteiger partial charge on any atom is 0.273 e. The van der Waals surface area contributed by atoms with E-state index >= 15 is 0 Å². The second-order valence-electron chi connectivity index (χ2n) is 3.17. The molecule has 0 bridgehead atoms. The topological polar surface area (TPSA) is 49.7 Å². The van der Waals surface area contributed by atoms with E-state index in [0.717, 1.165) is 11.6 Å². The van der Waals surface area contributed by atoms with Crippen molar-refractivity contribution in [1.82, 2.24) is 0 Å². The number of amides is 1. The Morgan fingerprint density at radius 2 is 2.23 bits per heavy atom. The third-order valence-electron chi connectivity index (χ3n) is 2.09. The first-order valence-corrected chi connectivity index (χ1v) is 4.06. The Kier molecular flexibility index (Phi) is 1.65. The van der Waals surface area contributed by atoms with E-state index in [4.69, 9.17) is 0 Å². The molecule has 0 fully saturated rings. The van der Waals surface area contributed by atoms with Crippen molar-refractivity contribution in [2.75, 3.05) is 0 Å². The van der Waals surface area contributed by atoms with Crippen molar-refractivity contribution in [2.24, 2.45) is 10.9 Å². The average Bonchev–Trinajstić information content (AvgIpc) is 2.06. The predicted molar refractivity (Wildman–Crippen MR) is 49.5 cm³/mol. The summed E-state index contributed by atoms with van der Waals surface area (Å²) in [6, 6.07) is 0. The summed E-state index contributed by atoms with van der Waals surface area (Å²) in [7, 11) is 0. The molecule has 66 valence electrons. The lowest BCUT2D eigenvalue weighted by Crippen LogP contribution is -2.21. The van der Waals surface area contributed by atoms with Gasteiger partial charge in [0.15, 0.2) is 0 Å². The zero-order valence-corrected chi connectivity index (χ0v) is 7.19. The minimum Gasteiger partial charge on any atom is -0.511 e. The fourth-order valence-corrected chi connectivity index (χ4v) is 1.44. The van der Waals surface area contributed by atoms with Crippen LogP contribution in [0.25, 0.3) is 0 Å². The molecule has 0 aromatic heterocycles. The molecule has 3 nitrogen and oxygen atoms in total. The molecule has 2 rings (SSSR count). The van der Waals surface area contributed by atoms with Gasteiger partial charge in [-0.05, 0) is 13.0 Å². The summed E-state index contributed by atoms with van der Waals surface area (Å²) < 4.78 is 0. The van der Waals surface area contributed by atoms with Crippen molar-refractivity contribution < 1.29 is 9.90 Å². The van der Waals surface area contributed by atoms with Crippen LogP contribution in [0.1, 0.15) is 6.92 Å². The van der Waals surface area contributed by atoms with E-state index in [0.29, 0.717) is 5.71 Å². The van der Waals surface area contributed by atoms with Gasteiger partial charge in [0.1, 0.15) is 5.76 Å². The van der Waals surface area contributed by atoms with Crippen molar-refractivity contribution in [3.05, 3.63) is 35.6 Å². The van der Waals surface area contributed by atoms with Gasteiger partial charge in [-0.3, -0.25) is 4.79 Å². The van der Waals surface area contributed by atoms with Gasteiger partial charge in [0.2, 0.25) is 0 Å². The molecule has 0 spiro atoms. The van der Waals surface area contributed by atoms with Gasteiger partial charge in [-0.1, -0.05) is 17.7 Å². The summed E-state index contributed by atoms with van der Waals surface area (Å²) >= 11 is 0. The van der Waals surface area contributed by atoms with Gasteiger partial charge in [-0.25, -0.2) is 4.99 Å². The highest BCUT2D eigenvalue weighted by Crippen LogP contribution is 2.23. The molecular formula is C10H9NO2. The Morgan fingerprint density at radius 1 is 1.46 bits per heavy atom. The molecule has 0 aromatic rings. The Bertz CT molecular complexity index is 386. The summed E-state index contributed by atoms with van der Waals surface area (Å²) in [5.74, 6) is -0.525. The molecule has 0 radical (unpaired) electrons. The first-order chi connectivity index (χ1) is 6.16. The largest absolute Gasteiger partial charge is 0.511 e. The summed E-state index contributed by atoms with van der Waals surface area (Å²) in [6.07, 6.45) is 6.69. The number of nitrogens with zero attached hydrogens (tertiary/aromatic N) is 1. The summed E-state index contributed by atoms with van der Waals surface area (Å²) in [5, 5.41) is 9.47. The van der Waals surface area contributed by atoms with Crippen molar-refractivity contribution in [1.29, 1.82) is 0 Å². The first-order valence-electron chi connectivity index (χ1n) is 4.06. The van der Waals surface area contributed by atoms with Gasteiger partial charge >= 0.3 is 0 Å². The number of aliphatic hydroxyl groups is 1. The third kappa shape index (κ3) is 1.33. The van der Waals surface area contributed by atoms with Gasteiger partial charge < -0.3 is 5.11 Å². The van der Waals surface area contributed by atoms with Crippen LogP contribution >= 0.6 is 0 Å². The zero-order chi connectivity index (χ0) is 9.42. The maximum absolute atomic E-state index is 10.9. The molecule has 1 unspecified atom stereocenters. The Hall–Kier alpha value is -1.64. The Morgan fingerprint density at radius 3 is 3.00 bits per heavy atom. The molecule has 0 saturated heterocycles. The number of hydrogen-bond acceptors (Lipinski definition) is 2. The molecule has 1 amide bonds. The number of aliphatic imine (C=N–C) groups is 1. The summed E-state index contributed by atoms with van der Waals surface area (Å²) in [6.45, 7) is 1.94. The van der Waals surface area contributed by atoms with Crippen LogP contribution in [0, 0.1) is 5.92 Å². The molecule has 1 heterocycles. The van der Waals surface area contributed by atoms with Crippen LogP contribution in [0.5, 0.6) is 0 Å². The monoisotopic (exact) mass is 175 g/mol. The zero-order valence-electron chi connectivity index (χ0n) is 7.19. The molecule has 3 heteroatoms. The smallest absolute Gasteiger partial charge is 0.273 e. The highest BCUT2D eigenvalue weighted by atomic mass is 16.3. The van der Waals surface area contributed by atoms with E-state index in [1.54, 1.807) is 6.08 Å². The Labute approximate surface area is 75.8 Å². The van der Waals surface area contributed by atoms with Crippen LogP contribution in [0.2, 0.25) is 0 Å². The fraction of sp³-hybridized carbons (Fsp3) is 0.200. The lowest BCUT2D eigenvalue weighted by molar-refractivity contribution is -0.113.